The molecule has 1 aliphatic rings. The molecule has 0 amide bonds. The fourth-order valence-electron chi connectivity index (χ4n) is 5.38. The number of quaternary nitrogens is 1. The molecule has 2 atom stereocenters. The van der Waals surface area contributed by atoms with E-state index in [1.807, 2.05) is 0 Å². The molecule has 2 rings (SSSR count). The Labute approximate surface area is 231 Å². The summed E-state index contributed by atoms with van der Waals surface area (Å²) < 4.78 is 21.9. The van der Waals surface area contributed by atoms with Crippen LogP contribution in [0.4, 0.5) is 0 Å². The SMILES string of the molecule is CCCCCCCCCCCC(=O)OC(C(C)C)[N+]1(C)CCC=C(c2nsnc2OCCCCCC)C1. The molecule has 0 saturated carbocycles. The van der Waals surface area contributed by atoms with Crippen molar-refractivity contribution in [2.75, 3.05) is 26.7 Å². The van der Waals surface area contributed by atoms with Gasteiger partial charge in [0.2, 0.25) is 6.23 Å². The first-order valence-corrected chi connectivity index (χ1v) is 15.8. The van der Waals surface area contributed by atoms with Gasteiger partial charge in [-0.2, -0.15) is 4.37 Å². The van der Waals surface area contributed by atoms with Crippen LogP contribution in [0.25, 0.3) is 5.57 Å². The van der Waals surface area contributed by atoms with Crippen molar-refractivity contribution in [3.8, 4) is 5.88 Å². The summed E-state index contributed by atoms with van der Waals surface area (Å²) in [5.41, 5.74) is 2.03. The van der Waals surface area contributed by atoms with E-state index in [-0.39, 0.29) is 18.1 Å². The van der Waals surface area contributed by atoms with Gasteiger partial charge in [-0.3, -0.25) is 9.28 Å². The van der Waals surface area contributed by atoms with Crippen LogP contribution in [0.5, 0.6) is 5.88 Å². The highest BCUT2D eigenvalue weighted by Crippen LogP contribution is 2.33. The average molecular weight is 537 g/mol. The Bertz CT molecular complexity index is 795. The Morgan fingerprint density at radius 2 is 1.57 bits per heavy atom. The second kappa shape index (κ2) is 17.9. The number of carbonyl (C=O) groups excluding carboxylic acids is 1. The minimum atomic E-state index is -0.167. The first-order valence-electron chi connectivity index (χ1n) is 15.1. The van der Waals surface area contributed by atoms with Crippen LogP contribution in [0.1, 0.15) is 130 Å². The molecule has 1 aromatic heterocycles. The Kier molecular flexibility index (Phi) is 15.4. The Morgan fingerprint density at radius 3 is 2.22 bits per heavy atom. The van der Waals surface area contributed by atoms with Crippen LogP contribution in [-0.4, -0.2) is 52.2 Å². The van der Waals surface area contributed by atoms with Gasteiger partial charge in [-0.25, -0.2) is 0 Å². The van der Waals surface area contributed by atoms with Crippen molar-refractivity contribution in [1.82, 2.24) is 8.75 Å². The molecule has 2 unspecified atom stereocenters. The molecule has 0 bridgehead atoms. The average Bonchev–Trinajstić information content (AvgIpc) is 3.34. The number of esters is 1. The fourth-order valence-corrected chi connectivity index (χ4v) is 5.91. The van der Waals surface area contributed by atoms with Gasteiger partial charge in [0, 0.05) is 24.3 Å². The molecular formula is C30H54N3O3S+. The largest absolute Gasteiger partial charge is 0.475 e. The predicted octanol–water partition coefficient (Wildman–Crippen LogP) is 8.18. The summed E-state index contributed by atoms with van der Waals surface area (Å²) in [6, 6.07) is 0. The minimum absolute atomic E-state index is 0.0523. The molecule has 0 aliphatic carbocycles. The van der Waals surface area contributed by atoms with E-state index in [0.29, 0.717) is 23.4 Å². The maximum Gasteiger partial charge on any atom is 0.310 e. The summed E-state index contributed by atoms with van der Waals surface area (Å²) in [6.45, 7) is 11.2. The molecule has 0 aromatic carbocycles. The molecule has 212 valence electrons. The summed E-state index contributed by atoms with van der Waals surface area (Å²) in [5.74, 6) is 0.840. The highest BCUT2D eigenvalue weighted by Gasteiger charge is 2.41. The zero-order valence-electron chi connectivity index (χ0n) is 24.4. The maximum atomic E-state index is 12.8. The van der Waals surface area contributed by atoms with Crippen LogP contribution in [0, 0.1) is 5.92 Å². The van der Waals surface area contributed by atoms with Crippen molar-refractivity contribution in [3.05, 3.63) is 11.8 Å². The smallest absolute Gasteiger partial charge is 0.310 e. The van der Waals surface area contributed by atoms with Gasteiger partial charge >= 0.3 is 5.97 Å². The molecule has 1 aromatic rings. The van der Waals surface area contributed by atoms with Gasteiger partial charge < -0.3 is 9.47 Å². The Balaban J connectivity index is 1.84. The first-order chi connectivity index (χ1) is 17.9. The minimum Gasteiger partial charge on any atom is -0.475 e. The molecule has 2 heterocycles. The molecule has 6 nitrogen and oxygen atoms in total. The van der Waals surface area contributed by atoms with Crippen molar-refractivity contribution in [2.24, 2.45) is 5.92 Å². The van der Waals surface area contributed by atoms with Crippen LogP contribution in [0.2, 0.25) is 0 Å². The number of rotatable bonds is 20. The number of carbonyl (C=O) groups is 1. The van der Waals surface area contributed by atoms with Gasteiger partial charge in [0.05, 0.1) is 31.9 Å². The Hall–Kier alpha value is -1.47. The van der Waals surface area contributed by atoms with Crippen molar-refractivity contribution >= 4 is 23.3 Å². The summed E-state index contributed by atoms with van der Waals surface area (Å²) in [6.07, 6.45) is 19.5. The van der Waals surface area contributed by atoms with E-state index in [9.17, 15) is 4.79 Å². The molecular weight excluding hydrogens is 482 g/mol. The molecule has 0 radical (unpaired) electrons. The molecule has 0 N–H and O–H groups in total. The summed E-state index contributed by atoms with van der Waals surface area (Å²) >= 11 is 1.21. The maximum absolute atomic E-state index is 12.8. The third-order valence-corrected chi connectivity index (χ3v) is 7.99. The van der Waals surface area contributed by atoms with E-state index in [0.717, 1.165) is 50.0 Å². The number of likely N-dealkylation sites (N-methyl/N-ethyl adjacent to an activating group) is 1. The highest BCUT2D eigenvalue weighted by atomic mass is 32.1. The van der Waals surface area contributed by atoms with Crippen LogP contribution < -0.4 is 4.74 Å². The van der Waals surface area contributed by atoms with Crippen LogP contribution in [0.15, 0.2) is 6.08 Å². The van der Waals surface area contributed by atoms with E-state index in [4.69, 9.17) is 9.47 Å². The zero-order valence-corrected chi connectivity index (χ0v) is 25.3. The summed E-state index contributed by atoms with van der Waals surface area (Å²) in [5, 5.41) is 0. The van der Waals surface area contributed by atoms with E-state index >= 15 is 0 Å². The van der Waals surface area contributed by atoms with Crippen molar-refractivity contribution < 1.29 is 18.8 Å². The third-order valence-electron chi connectivity index (χ3n) is 7.48. The molecule has 0 saturated heterocycles. The van der Waals surface area contributed by atoms with Gasteiger partial charge in [-0.05, 0) is 12.8 Å². The number of nitrogens with zero attached hydrogens (tertiary/aromatic N) is 3. The summed E-state index contributed by atoms with van der Waals surface area (Å²) in [7, 11) is 2.22. The second-order valence-corrected chi connectivity index (χ2v) is 11.9. The number of aromatic nitrogens is 2. The van der Waals surface area contributed by atoms with Crippen molar-refractivity contribution in [1.29, 1.82) is 0 Å². The van der Waals surface area contributed by atoms with Crippen molar-refractivity contribution in [3.63, 3.8) is 0 Å². The number of hydrogen-bond acceptors (Lipinski definition) is 6. The first kappa shape index (κ1) is 31.7. The van der Waals surface area contributed by atoms with Crippen LogP contribution >= 0.6 is 11.7 Å². The fraction of sp³-hybridized carbons (Fsp3) is 0.833. The number of unbranched alkanes of at least 4 members (excludes halogenated alkanes) is 11. The van der Waals surface area contributed by atoms with E-state index in [2.05, 4.69) is 49.6 Å². The van der Waals surface area contributed by atoms with Gasteiger partial charge in [0.25, 0.3) is 5.88 Å². The third kappa shape index (κ3) is 11.4. The van der Waals surface area contributed by atoms with E-state index in [1.54, 1.807) is 0 Å². The van der Waals surface area contributed by atoms with Crippen LogP contribution in [0.3, 0.4) is 0 Å². The van der Waals surface area contributed by atoms with Crippen molar-refractivity contribution in [2.45, 2.75) is 130 Å². The van der Waals surface area contributed by atoms with Gasteiger partial charge in [0.1, 0.15) is 12.2 Å². The van der Waals surface area contributed by atoms with Gasteiger partial charge in [0.15, 0.2) is 0 Å². The molecule has 0 fully saturated rings. The molecule has 0 spiro atoms. The van der Waals surface area contributed by atoms with E-state index in [1.165, 1.54) is 75.9 Å². The molecule has 7 heteroatoms. The normalized spacial score (nSPS) is 18.6. The number of ether oxygens (including phenoxy) is 2. The topological polar surface area (TPSA) is 61.3 Å². The lowest BCUT2D eigenvalue weighted by Crippen LogP contribution is -2.58. The zero-order chi connectivity index (χ0) is 26.9. The van der Waals surface area contributed by atoms with Gasteiger partial charge in [-0.1, -0.05) is 104 Å². The van der Waals surface area contributed by atoms with E-state index < -0.39 is 0 Å². The lowest BCUT2D eigenvalue weighted by Gasteiger charge is -2.44. The van der Waals surface area contributed by atoms with Gasteiger partial charge in [-0.15, -0.1) is 4.37 Å². The molecule has 1 aliphatic heterocycles. The lowest BCUT2D eigenvalue weighted by atomic mass is 10.0. The molecule has 37 heavy (non-hydrogen) atoms. The highest BCUT2D eigenvalue weighted by molar-refractivity contribution is 6.99. The number of hydrogen-bond donors (Lipinski definition) is 0. The Morgan fingerprint density at radius 1 is 0.946 bits per heavy atom. The second-order valence-electron chi connectivity index (χ2n) is 11.4. The summed E-state index contributed by atoms with van der Waals surface area (Å²) in [4.78, 5) is 12.8. The van der Waals surface area contributed by atoms with Crippen LogP contribution in [-0.2, 0) is 9.53 Å². The standard InChI is InChI=1S/C30H54N3O3S/c1-6-8-10-12-13-14-15-16-17-21-27(34)36-30(25(3)4)33(5)22-19-20-26(24-33)28-29(32-37-31-28)35-23-18-11-9-7-2/h20,25,30H,6-19,21-24H2,1-5H3/q+1. The predicted molar refractivity (Wildman–Crippen MR) is 155 cm³/mol. The monoisotopic (exact) mass is 536 g/mol. The quantitative estimate of drug-likeness (QED) is 0.0955. The lowest BCUT2D eigenvalue weighted by molar-refractivity contribution is -0.950.